The first kappa shape index (κ1) is 39.3. The maximum absolute atomic E-state index is 7.37. The predicted octanol–water partition coefficient (Wildman–Crippen LogP) is -2.08. The zero-order chi connectivity index (χ0) is 41.1. The Labute approximate surface area is 317 Å². The van der Waals surface area contributed by atoms with Gasteiger partial charge >= 0.3 is 0 Å². The zero-order valence-electron chi connectivity index (χ0n) is 31.2. The maximum atomic E-state index is 7.37. The lowest BCUT2D eigenvalue weighted by atomic mass is 9.54. The molecule has 4 heterocycles. The van der Waals surface area contributed by atoms with Crippen molar-refractivity contribution >= 4 is 70.8 Å². The van der Waals surface area contributed by atoms with Gasteiger partial charge in [-0.1, -0.05) is 45.9 Å². The van der Waals surface area contributed by atoms with E-state index in [9.17, 15) is 0 Å². The summed E-state index contributed by atoms with van der Waals surface area (Å²) >= 11 is 0. The number of nitrogens with two attached hydrogens (primary N) is 8. The first-order valence-corrected chi connectivity index (χ1v) is 16.4. The fourth-order valence-corrected chi connectivity index (χ4v) is 4.76. The van der Waals surface area contributed by atoms with Crippen LogP contribution >= 0.6 is 0 Å². The number of H-pyrrole nitrogens is 2. The molecule has 21 N–H and O–H groups in total. The average molecular weight is 777 g/mol. The lowest BCUT2D eigenvalue weighted by Crippen LogP contribution is -2.40. The van der Waals surface area contributed by atoms with Crippen LogP contribution in [0.15, 0.2) is 37.9 Å². The minimum atomic E-state index is -0.324. The highest BCUT2D eigenvalue weighted by atomic mass is 15.6. The molecule has 1 atom stereocenters. The molecule has 0 bridgehead atoms. The minimum Gasteiger partial charge on any atom is -0.394 e. The average Bonchev–Trinajstić information content (AvgIpc) is 3.96. The van der Waals surface area contributed by atoms with E-state index < -0.39 is 0 Å². The number of aromatic nitrogens is 12. The third-order valence-corrected chi connectivity index (χ3v) is 8.78. The summed E-state index contributed by atoms with van der Waals surface area (Å²) in [5.74, 6) is 5.57. The Balaban J connectivity index is 1.19. The molecular weight excluding hydrogens is 732 g/mol. The van der Waals surface area contributed by atoms with Crippen LogP contribution in [0.4, 0.5) is 35.7 Å². The molecule has 0 saturated carbocycles. The molecule has 1 aliphatic carbocycles. The quantitative estimate of drug-likeness (QED) is 0.0241. The molecule has 30 heteroatoms. The zero-order valence-corrected chi connectivity index (χ0v) is 31.2. The Morgan fingerprint density at radius 2 is 1.43 bits per heavy atom. The van der Waals surface area contributed by atoms with Crippen LogP contribution in [0.25, 0.3) is 11.3 Å². The van der Waals surface area contributed by atoms with Crippen molar-refractivity contribution in [2.24, 2.45) is 71.0 Å². The van der Waals surface area contributed by atoms with E-state index in [1.807, 2.05) is 13.8 Å². The van der Waals surface area contributed by atoms with Crippen molar-refractivity contribution in [3.05, 3.63) is 23.9 Å². The van der Waals surface area contributed by atoms with Gasteiger partial charge in [-0.05, 0) is 18.8 Å². The smallest absolute Gasteiger partial charge is 0.268 e. The van der Waals surface area contributed by atoms with Crippen molar-refractivity contribution in [3.8, 4) is 0 Å². The number of aromatic amines is 2. The lowest BCUT2D eigenvalue weighted by Gasteiger charge is -2.49. The van der Waals surface area contributed by atoms with Crippen molar-refractivity contribution in [3.63, 3.8) is 0 Å². The summed E-state index contributed by atoms with van der Waals surface area (Å²) in [4.78, 5) is 16.7. The largest absolute Gasteiger partial charge is 0.394 e. The SMILES string of the molecule is CCC(C)N(N=N)c1n[nH]c(N/C(N)=N/N=C(\N)n2nc(N(N)/C=C(\N)c3n[nH]c(N/C(N)=N/N=C(\N)n4nc(C5=CC(C)(C)C5(C)C)nc4N)n3)nc2N)n1. The second kappa shape index (κ2) is 15.2. The predicted molar refractivity (Wildman–Crippen MR) is 208 cm³/mol. The summed E-state index contributed by atoms with van der Waals surface area (Å²) in [5, 5.41) is 48.0. The van der Waals surface area contributed by atoms with Gasteiger partial charge in [0.05, 0.1) is 17.9 Å². The van der Waals surface area contributed by atoms with E-state index in [0.717, 1.165) is 19.9 Å². The lowest BCUT2D eigenvalue weighted by molar-refractivity contribution is 0.206. The van der Waals surface area contributed by atoms with E-state index in [2.05, 4.69) is 121 Å². The normalized spacial score (nSPS) is 16.6. The molecule has 5 rings (SSSR count). The molecule has 0 spiro atoms. The van der Waals surface area contributed by atoms with E-state index in [1.165, 1.54) is 11.2 Å². The van der Waals surface area contributed by atoms with Crippen molar-refractivity contribution in [2.45, 2.75) is 54.0 Å². The number of nitrogens with one attached hydrogen (secondary N) is 5. The number of hydrogen-bond donors (Lipinski definition) is 13. The van der Waals surface area contributed by atoms with Crippen LogP contribution in [-0.2, 0) is 0 Å². The molecule has 4 aromatic heterocycles. The summed E-state index contributed by atoms with van der Waals surface area (Å²) in [6, 6.07) is -0.115. The van der Waals surface area contributed by atoms with Crippen LogP contribution < -0.4 is 66.6 Å². The molecular formula is C26H44N30. The third-order valence-electron chi connectivity index (χ3n) is 8.78. The van der Waals surface area contributed by atoms with Crippen LogP contribution in [0, 0.1) is 16.4 Å². The fraction of sp³-hybridized carbons (Fsp3) is 0.385. The van der Waals surface area contributed by atoms with E-state index in [1.54, 1.807) is 0 Å². The van der Waals surface area contributed by atoms with Crippen LogP contribution in [0.5, 0.6) is 0 Å². The minimum absolute atomic E-state index is 0.00410. The van der Waals surface area contributed by atoms with Gasteiger partial charge in [-0.15, -0.1) is 35.7 Å². The summed E-state index contributed by atoms with van der Waals surface area (Å²) in [6.07, 6.45) is 4.00. The molecule has 4 aromatic rings. The molecule has 298 valence electrons. The van der Waals surface area contributed by atoms with Gasteiger partial charge in [0.2, 0.25) is 47.6 Å². The van der Waals surface area contributed by atoms with Crippen molar-refractivity contribution in [2.75, 3.05) is 32.1 Å². The summed E-state index contributed by atoms with van der Waals surface area (Å²) in [6.45, 7) is 12.3. The fourth-order valence-electron chi connectivity index (χ4n) is 4.76. The number of anilines is 6. The highest BCUT2D eigenvalue weighted by Gasteiger charge is 2.48. The number of guanidine groups is 2. The number of allylic oxidation sites excluding steroid dienone is 2. The van der Waals surface area contributed by atoms with Gasteiger partial charge < -0.3 is 40.1 Å². The van der Waals surface area contributed by atoms with Gasteiger partial charge in [-0.3, -0.25) is 15.6 Å². The van der Waals surface area contributed by atoms with E-state index in [4.69, 9.17) is 51.5 Å². The number of nitrogens with zero attached hydrogens (tertiary/aromatic N) is 17. The van der Waals surface area contributed by atoms with Gasteiger partial charge in [-0.2, -0.15) is 39.9 Å². The molecule has 56 heavy (non-hydrogen) atoms. The Kier molecular flexibility index (Phi) is 10.7. The van der Waals surface area contributed by atoms with E-state index >= 15 is 0 Å². The highest BCUT2D eigenvalue weighted by Crippen LogP contribution is 2.58. The monoisotopic (exact) mass is 776 g/mol. The van der Waals surface area contributed by atoms with E-state index in [-0.39, 0.29) is 87.9 Å². The van der Waals surface area contributed by atoms with E-state index in [0.29, 0.717) is 12.2 Å². The number of hydrazine groups is 1. The second-order valence-corrected chi connectivity index (χ2v) is 13.1. The Morgan fingerprint density at radius 3 is 2.00 bits per heavy atom. The van der Waals surface area contributed by atoms with Crippen LogP contribution in [0.3, 0.4) is 0 Å². The molecule has 0 fully saturated rings. The molecule has 0 amide bonds. The first-order chi connectivity index (χ1) is 26.3. The number of hydrogen-bond acceptors (Lipinski definition) is 19. The molecule has 1 unspecified atom stereocenters. The molecule has 30 nitrogen and oxygen atoms in total. The van der Waals surface area contributed by atoms with Gasteiger partial charge in [0.15, 0.2) is 11.6 Å². The first-order valence-electron chi connectivity index (χ1n) is 16.4. The molecule has 1 aliphatic rings. The highest BCUT2D eigenvalue weighted by molar-refractivity contribution is 5.92. The molecule has 0 aromatic carbocycles. The van der Waals surface area contributed by atoms with Gasteiger partial charge in [0.25, 0.3) is 11.9 Å². The Morgan fingerprint density at radius 1 is 0.857 bits per heavy atom. The summed E-state index contributed by atoms with van der Waals surface area (Å²) < 4.78 is 2.09. The second-order valence-electron chi connectivity index (χ2n) is 13.1. The van der Waals surface area contributed by atoms with Crippen LogP contribution in [0.1, 0.15) is 59.6 Å². The summed E-state index contributed by atoms with van der Waals surface area (Å²) in [5.41, 5.74) is 50.1. The topological polar surface area (TPSA) is 469 Å². The third kappa shape index (κ3) is 8.02. The maximum Gasteiger partial charge on any atom is 0.268 e. The van der Waals surface area contributed by atoms with Crippen LogP contribution in [0.2, 0.25) is 0 Å². The molecule has 0 radical (unpaired) electrons. The molecule has 0 aliphatic heterocycles. The van der Waals surface area contributed by atoms with Crippen molar-refractivity contribution in [1.29, 1.82) is 5.53 Å². The Hall–Kier alpha value is -7.92. The summed E-state index contributed by atoms with van der Waals surface area (Å²) in [7, 11) is 0. The van der Waals surface area contributed by atoms with Gasteiger partial charge in [0, 0.05) is 11.0 Å². The Bertz CT molecular complexity index is 2250. The van der Waals surface area contributed by atoms with Crippen molar-refractivity contribution < 1.29 is 0 Å². The van der Waals surface area contributed by atoms with Crippen LogP contribution in [-0.4, -0.2) is 89.8 Å². The number of rotatable bonds is 12. The number of nitrogen functional groups attached to an aromatic ring is 2. The molecule has 0 saturated heterocycles. The van der Waals surface area contributed by atoms with Crippen molar-refractivity contribution in [1.82, 2.24) is 59.9 Å². The van der Waals surface area contributed by atoms with Gasteiger partial charge in [0.1, 0.15) is 0 Å². The van der Waals surface area contributed by atoms with Gasteiger partial charge in [-0.25, -0.2) is 21.0 Å². The standard InChI is InChI=1S/C26H44N30/c1-7-10(2)54(52-34)23-41-22(48-49-23)39-16(29)44-46-20(33)56-18(31)40-24(51-56)53(35)9-12(27)14-37-21(47-42-14)38-15(28)43-45-19(32)55-17(30)36-13(50-55)11-8-25(3,4)26(11,5)6/h8-10,34H,7,27,35H2,1-6H3,(H2,32,45)(H2,33,46)(H2,30,36,50)(H2,31,40,51)(H4,28,37,38,42,43,47)(H4,29,39,41,44,48,49)/b12-9-,52-34?.